The van der Waals surface area contributed by atoms with Gasteiger partial charge >= 0.3 is 13.5 Å². The van der Waals surface area contributed by atoms with Gasteiger partial charge in [-0.25, -0.2) is 4.39 Å². The molecule has 0 aliphatic heterocycles. The summed E-state index contributed by atoms with van der Waals surface area (Å²) in [7, 11) is -2.25. The van der Waals surface area contributed by atoms with E-state index in [0.29, 0.717) is 12.1 Å². The largest absolute Gasteiger partial charge is 0.573 e. The molecule has 4 nitrogen and oxygen atoms in total. The van der Waals surface area contributed by atoms with Gasteiger partial charge in [0.1, 0.15) is 5.82 Å². The van der Waals surface area contributed by atoms with Crippen molar-refractivity contribution < 1.29 is 32.3 Å². The van der Waals surface area contributed by atoms with Crippen LogP contribution in [0.15, 0.2) is 12.1 Å². The van der Waals surface area contributed by atoms with E-state index in [4.69, 9.17) is 15.8 Å². The monoisotopic (exact) mass is 275 g/mol. The van der Waals surface area contributed by atoms with Gasteiger partial charge in [-0.05, 0) is 6.07 Å². The Bertz CT molecular complexity index is 401. The van der Waals surface area contributed by atoms with Gasteiger partial charge in [-0.1, -0.05) is 0 Å². The molecule has 1 aromatic carbocycles. The van der Waals surface area contributed by atoms with Gasteiger partial charge in [-0.3, -0.25) is 0 Å². The molecule has 0 saturated heterocycles. The first-order valence-corrected chi connectivity index (χ1v) is 3.91. The number of rotatable bonds is 2. The molecule has 17 heavy (non-hydrogen) atoms. The molecule has 0 saturated carbocycles. The molecule has 0 spiro atoms. The Balaban J connectivity index is 0.00000256. The van der Waals surface area contributed by atoms with Crippen LogP contribution in [0.3, 0.4) is 0 Å². The fourth-order valence-electron chi connectivity index (χ4n) is 0.995. The average molecular weight is 275 g/mol. The van der Waals surface area contributed by atoms with Crippen molar-refractivity contribution in [3.63, 3.8) is 0 Å². The van der Waals surface area contributed by atoms with Crippen molar-refractivity contribution in [2.75, 3.05) is 5.73 Å². The van der Waals surface area contributed by atoms with Crippen molar-refractivity contribution in [1.82, 2.24) is 0 Å². The summed E-state index contributed by atoms with van der Waals surface area (Å²) in [6.07, 6.45) is -5.00. The highest BCUT2D eigenvalue weighted by atomic mass is 35.5. The molecule has 0 radical (unpaired) electrons. The van der Waals surface area contributed by atoms with Crippen LogP contribution in [0.4, 0.5) is 23.2 Å². The number of nitrogen functional groups attached to an aromatic ring is 1. The minimum absolute atomic E-state index is 0. The molecular formula is C7H7BClF4NO3. The molecule has 0 unspecified atom stereocenters. The first-order valence-electron chi connectivity index (χ1n) is 3.91. The zero-order valence-corrected chi connectivity index (χ0v) is 8.85. The summed E-state index contributed by atoms with van der Waals surface area (Å²) in [6, 6.07) is 0.985. The summed E-state index contributed by atoms with van der Waals surface area (Å²) in [5.74, 6) is -2.03. The normalized spacial score (nSPS) is 10.7. The van der Waals surface area contributed by atoms with Gasteiger partial charge in [-0.2, -0.15) is 0 Å². The molecule has 0 aliphatic carbocycles. The van der Waals surface area contributed by atoms with Crippen LogP contribution in [0.2, 0.25) is 0 Å². The summed E-state index contributed by atoms with van der Waals surface area (Å²) in [5.41, 5.74) is 3.72. The van der Waals surface area contributed by atoms with Crippen molar-refractivity contribution in [1.29, 1.82) is 0 Å². The molecule has 0 atom stereocenters. The average Bonchev–Trinajstić information content (AvgIpc) is 2.07. The fraction of sp³-hybridized carbons (Fsp3) is 0.143. The standard InChI is InChI=1S/C7H6BF4NO3.ClH/c9-4-2-5(13)6(16-7(10,11)12)1-3(4)8(14)15;/h1-2,14-15H,13H2;1H. The molecule has 1 rings (SSSR count). The molecule has 0 heterocycles. The highest BCUT2D eigenvalue weighted by molar-refractivity contribution is 6.58. The number of halogens is 5. The Hall–Kier alpha value is -1.19. The van der Waals surface area contributed by atoms with Gasteiger partial charge in [0.25, 0.3) is 0 Å². The highest BCUT2D eigenvalue weighted by Gasteiger charge is 2.33. The molecule has 0 amide bonds. The van der Waals surface area contributed by atoms with E-state index in [-0.39, 0.29) is 12.4 Å². The van der Waals surface area contributed by atoms with Crippen LogP contribution in [0.1, 0.15) is 0 Å². The van der Waals surface area contributed by atoms with Crippen LogP contribution in [0.5, 0.6) is 5.75 Å². The SMILES string of the molecule is Cl.Nc1cc(F)c(B(O)O)cc1OC(F)(F)F. The lowest BCUT2D eigenvalue weighted by Gasteiger charge is -2.12. The lowest BCUT2D eigenvalue weighted by Crippen LogP contribution is -2.33. The zero-order valence-electron chi connectivity index (χ0n) is 8.03. The van der Waals surface area contributed by atoms with E-state index in [0.717, 1.165) is 0 Å². The van der Waals surface area contributed by atoms with Gasteiger partial charge in [0.05, 0.1) is 5.69 Å². The van der Waals surface area contributed by atoms with Gasteiger partial charge in [0.2, 0.25) is 0 Å². The summed E-state index contributed by atoms with van der Waals surface area (Å²) >= 11 is 0. The van der Waals surface area contributed by atoms with Gasteiger partial charge in [0, 0.05) is 11.5 Å². The second kappa shape index (κ2) is 5.43. The number of anilines is 1. The maximum absolute atomic E-state index is 13.0. The van der Waals surface area contributed by atoms with Crippen LogP contribution in [0, 0.1) is 5.82 Å². The van der Waals surface area contributed by atoms with E-state index in [1.165, 1.54) is 0 Å². The number of hydrogen-bond acceptors (Lipinski definition) is 4. The van der Waals surface area contributed by atoms with E-state index >= 15 is 0 Å². The van der Waals surface area contributed by atoms with E-state index in [9.17, 15) is 17.6 Å². The number of benzene rings is 1. The highest BCUT2D eigenvalue weighted by Crippen LogP contribution is 2.27. The quantitative estimate of drug-likeness (QED) is 0.415. The van der Waals surface area contributed by atoms with Crippen LogP contribution in [-0.2, 0) is 0 Å². The third kappa shape index (κ3) is 4.29. The van der Waals surface area contributed by atoms with Crippen LogP contribution < -0.4 is 15.9 Å². The minimum atomic E-state index is -5.00. The molecule has 10 heteroatoms. The van der Waals surface area contributed by atoms with Crippen molar-refractivity contribution >= 4 is 30.7 Å². The molecular weight excluding hydrogens is 268 g/mol. The minimum Gasteiger partial charge on any atom is -0.423 e. The summed E-state index contributed by atoms with van der Waals surface area (Å²) in [6.45, 7) is 0. The smallest absolute Gasteiger partial charge is 0.423 e. The Kier molecular flexibility index (Phi) is 5.05. The second-order valence-corrected chi connectivity index (χ2v) is 2.83. The third-order valence-electron chi connectivity index (χ3n) is 1.63. The number of ether oxygens (including phenoxy) is 1. The topological polar surface area (TPSA) is 75.7 Å². The maximum Gasteiger partial charge on any atom is 0.573 e. The molecule has 0 bridgehead atoms. The number of hydrogen-bond donors (Lipinski definition) is 3. The van der Waals surface area contributed by atoms with E-state index < -0.39 is 36.2 Å². The number of nitrogens with two attached hydrogens (primary N) is 1. The Labute approximate surface area is 99.5 Å². The van der Waals surface area contributed by atoms with E-state index in [2.05, 4.69) is 4.74 Å². The van der Waals surface area contributed by atoms with Crippen LogP contribution in [-0.4, -0.2) is 23.5 Å². The maximum atomic E-state index is 13.0. The first kappa shape index (κ1) is 15.8. The predicted octanol–water partition coefficient (Wildman–Crippen LogP) is 0.408. The Morgan fingerprint density at radius 1 is 1.24 bits per heavy atom. The summed E-state index contributed by atoms with van der Waals surface area (Å²) < 4.78 is 52.0. The predicted molar refractivity (Wildman–Crippen MR) is 54.6 cm³/mol. The summed E-state index contributed by atoms with van der Waals surface area (Å²) in [4.78, 5) is 0. The van der Waals surface area contributed by atoms with Gasteiger partial charge in [0.15, 0.2) is 5.75 Å². The van der Waals surface area contributed by atoms with E-state index in [1.807, 2.05) is 0 Å². The fourth-order valence-corrected chi connectivity index (χ4v) is 0.995. The van der Waals surface area contributed by atoms with Crippen molar-refractivity contribution in [2.24, 2.45) is 0 Å². The van der Waals surface area contributed by atoms with Crippen molar-refractivity contribution in [3.05, 3.63) is 17.9 Å². The van der Waals surface area contributed by atoms with Crippen molar-refractivity contribution in [3.8, 4) is 5.75 Å². The molecule has 0 aliphatic rings. The Morgan fingerprint density at radius 3 is 2.18 bits per heavy atom. The third-order valence-corrected chi connectivity index (χ3v) is 1.63. The summed E-state index contributed by atoms with van der Waals surface area (Å²) in [5, 5.41) is 17.3. The lowest BCUT2D eigenvalue weighted by atomic mass is 9.79. The Morgan fingerprint density at radius 2 is 1.76 bits per heavy atom. The molecule has 4 N–H and O–H groups in total. The number of alkyl halides is 3. The van der Waals surface area contributed by atoms with Gasteiger partial charge in [-0.15, -0.1) is 25.6 Å². The first-order chi connectivity index (χ1) is 7.20. The molecule has 1 aromatic rings. The molecule has 96 valence electrons. The van der Waals surface area contributed by atoms with Gasteiger partial charge < -0.3 is 20.5 Å². The second-order valence-electron chi connectivity index (χ2n) is 2.83. The van der Waals surface area contributed by atoms with Crippen molar-refractivity contribution in [2.45, 2.75) is 6.36 Å². The molecule has 0 aromatic heterocycles. The molecule has 0 fully saturated rings. The van der Waals surface area contributed by atoms with Crippen LogP contribution in [0.25, 0.3) is 0 Å². The lowest BCUT2D eigenvalue weighted by molar-refractivity contribution is -0.274. The van der Waals surface area contributed by atoms with Crippen LogP contribution >= 0.6 is 12.4 Å². The van der Waals surface area contributed by atoms with E-state index in [1.54, 1.807) is 0 Å². The zero-order chi connectivity index (χ0) is 12.5.